The minimum atomic E-state index is -0.296. The van der Waals surface area contributed by atoms with Crippen molar-refractivity contribution in [3.63, 3.8) is 0 Å². The highest BCUT2D eigenvalue weighted by Crippen LogP contribution is 2.36. The van der Waals surface area contributed by atoms with E-state index in [4.69, 9.17) is 15.2 Å². The standard InChI is InChI=1S/C20H22N4O3S3.CH4.2H2O/c1-26-4-5-27-13-7-12-8-16(20-22-11-14(29-20)10-17(21)25)23-19(12)15(9-13)24-30-18-3-2-6-28-18;;;/h2-3,6-9,14,23-24H,4-5,10-11H2,1H3,(H2,21,25);1H4;2*1H2. The number of nitrogens with two attached hydrogens (primary N) is 1. The van der Waals surface area contributed by atoms with Crippen molar-refractivity contribution < 1.29 is 25.2 Å². The van der Waals surface area contributed by atoms with Gasteiger partial charge in [0, 0.05) is 30.2 Å². The lowest BCUT2D eigenvalue weighted by atomic mass is 10.2. The Bertz CT molecular complexity index is 1060. The van der Waals surface area contributed by atoms with Gasteiger partial charge in [0.1, 0.15) is 17.4 Å². The van der Waals surface area contributed by atoms with Crippen LogP contribution in [0.2, 0.25) is 0 Å². The summed E-state index contributed by atoms with van der Waals surface area (Å²) >= 11 is 4.84. The zero-order valence-electron chi connectivity index (χ0n) is 17.3. The molecule has 0 fully saturated rings. The van der Waals surface area contributed by atoms with Gasteiger partial charge in [-0.1, -0.05) is 25.3 Å². The number of amides is 1. The maximum Gasteiger partial charge on any atom is 0.218 e. The van der Waals surface area contributed by atoms with E-state index >= 15 is 0 Å². The van der Waals surface area contributed by atoms with Gasteiger partial charge in [-0.2, -0.15) is 0 Å². The second-order valence-electron chi connectivity index (χ2n) is 6.65. The lowest BCUT2D eigenvalue weighted by Crippen LogP contribution is -2.18. The predicted molar refractivity (Wildman–Crippen MR) is 140 cm³/mol. The second kappa shape index (κ2) is 13.5. The van der Waals surface area contributed by atoms with E-state index in [1.54, 1.807) is 42.2 Å². The Hall–Kier alpha value is -2.22. The number of hydrogen-bond acceptors (Lipinski definition) is 8. The van der Waals surface area contributed by atoms with E-state index in [1.807, 2.05) is 18.2 Å². The maximum atomic E-state index is 11.2. The first kappa shape index (κ1) is 28.8. The van der Waals surface area contributed by atoms with Crippen molar-refractivity contribution in [2.24, 2.45) is 10.7 Å². The Kier molecular flexibility index (Phi) is 11.8. The van der Waals surface area contributed by atoms with Gasteiger partial charge < -0.3 is 35.9 Å². The molecular weight excluding hydrogens is 484 g/mol. The first-order chi connectivity index (χ1) is 14.6. The van der Waals surface area contributed by atoms with E-state index in [0.717, 1.165) is 33.1 Å². The van der Waals surface area contributed by atoms with Crippen molar-refractivity contribution in [3.8, 4) is 5.75 Å². The smallest absolute Gasteiger partial charge is 0.218 e. The average Bonchev–Trinajstić information content (AvgIpc) is 3.46. The number of methoxy groups -OCH3 is 1. The van der Waals surface area contributed by atoms with E-state index in [9.17, 15) is 4.79 Å². The van der Waals surface area contributed by atoms with Crippen LogP contribution in [0.15, 0.2) is 44.9 Å². The fourth-order valence-corrected chi connectivity index (χ4v) is 5.61. The Morgan fingerprint density at radius 3 is 2.85 bits per heavy atom. The zero-order chi connectivity index (χ0) is 20.9. The molecule has 1 aliphatic heterocycles. The van der Waals surface area contributed by atoms with Crippen LogP contribution in [-0.2, 0) is 9.53 Å². The highest BCUT2D eigenvalue weighted by atomic mass is 32.2. The van der Waals surface area contributed by atoms with Crippen molar-refractivity contribution in [3.05, 3.63) is 41.4 Å². The van der Waals surface area contributed by atoms with Crippen molar-refractivity contribution in [1.29, 1.82) is 0 Å². The van der Waals surface area contributed by atoms with Crippen LogP contribution in [0.3, 0.4) is 0 Å². The van der Waals surface area contributed by atoms with Crippen molar-refractivity contribution in [2.75, 3.05) is 31.6 Å². The zero-order valence-corrected chi connectivity index (χ0v) is 19.8. The molecule has 9 nitrogen and oxygen atoms in total. The van der Waals surface area contributed by atoms with Gasteiger partial charge in [0.15, 0.2) is 0 Å². The number of thiophene rings is 1. The number of benzene rings is 1. The molecule has 3 heterocycles. The molecule has 0 radical (unpaired) electrons. The van der Waals surface area contributed by atoms with Gasteiger partial charge in [-0.3, -0.25) is 9.79 Å². The number of carbonyl (C=O) groups is 1. The summed E-state index contributed by atoms with van der Waals surface area (Å²) in [5.41, 5.74) is 8.18. The highest BCUT2D eigenvalue weighted by molar-refractivity contribution is 8.15. The quantitative estimate of drug-likeness (QED) is 0.278. The minimum absolute atomic E-state index is 0. The van der Waals surface area contributed by atoms with E-state index in [2.05, 4.69) is 32.2 Å². The molecule has 1 unspecified atom stereocenters. The summed E-state index contributed by atoms with van der Waals surface area (Å²) in [6.07, 6.45) is 0.333. The van der Waals surface area contributed by atoms with Crippen LogP contribution >= 0.6 is 35.0 Å². The number of hydrogen-bond donors (Lipinski definition) is 3. The van der Waals surface area contributed by atoms with Crippen LogP contribution in [0.5, 0.6) is 5.75 Å². The number of aromatic amines is 1. The molecule has 0 saturated carbocycles. The fraction of sp³-hybridized carbons (Fsp3) is 0.333. The Balaban J connectivity index is 0.00000181. The van der Waals surface area contributed by atoms with E-state index < -0.39 is 0 Å². The first-order valence-electron chi connectivity index (χ1n) is 9.37. The number of aromatic nitrogens is 1. The first-order valence-corrected chi connectivity index (χ1v) is 11.9. The summed E-state index contributed by atoms with van der Waals surface area (Å²) < 4.78 is 15.5. The molecule has 0 saturated heterocycles. The van der Waals surface area contributed by atoms with Crippen LogP contribution in [0, 0.1) is 0 Å². The van der Waals surface area contributed by atoms with Crippen LogP contribution in [-0.4, -0.2) is 59.0 Å². The summed E-state index contributed by atoms with van der Waals surface area (Å²) in [4.78, 5) is 19.3. The molecule has 1 atom stereocenters. The third-order valence-corrected chi connectivity index (χ3v) is 7.47. The number of ether oxygens (including phenoxy) is 2. The monoisotopic (exact) mass is 514 g/mol. The minimum Gasteiger partial charge on any atom is -0.491 e. The Labute approximate surface area is 205 Å². The van der Waals surface area contributed by atoms with E-state index in [1.165, 1.54) is 4.21 Å². The predicted octanol–water partition coefficient (Wildman–Crippen LogP) is 3.10. The SMILES string of the molecule is C.COCCOc1cc(NSc2cccs2)c2[nH]c(C3=NCC(CC(N)=O)S3)cc2c1.O.O. The van der Waals surface area contributed by atoms with Crippen LogP contribution < -0.4 is 15.2 Å². The summed E-state index contributed by atoms with van der Waals surface area (Å²) in [6, 6.07) is 10.2. The van der Waals surface area contributed by atoms with Gasteiger partial charge in [0.25, 0.3) is 0 Å². The number of H-pyrrole nitrogens is 1. The topological polar surface area (TPSA) is 165 Å². The number of fused-ring (bicyclic) bond motifs is 1. The third-order valence-electron chi connectivity index (χ3n) is 4.39. The molecule has 2 aromatic heterocycles. The number of thioether (sulfide) groups is 1. The molecule has 3 aromatic rings. The molecule has 4 rings (SSSR count). The van der Waals surface area contributed by atoms with Crippen molar-refractivity contribution >= 4 is 62.6 Å². The third kappa shape index (κ3) is 7.39. The summed E-state index contributed by atoms with van der Waals surface area (Å²) in [7, 11) is 1.65. The number of primary amides is 1. The number of nitrogens with one attached hydrogen (secondary N) is 2. The molecule has 33 heavy (non-hydrogen) atoms. The van der Waals surface area contributed by atoms with Gasteiger partial charge >= 0.3 is 0 Å². The number of aliphatic imine (C=N–C) groups is 1. The molecule has 0 bridgehead atoms. The number of carbonyl (C=O) groups excluding carboxylic acids is 1. The molecule has 0 spiro atoms. The Morgan fingerprint density at radius 2 is 2.15 bits per heavy atom. The number of rotatable bonds is 10. The fourth-order valence-electron chi connectivity index (χ4n) is 3.06. The second-order valence-corrected chi connectivity index (χ2v) is 9.99. The number of anilines is 1. The highest BCUT2D eigenvalue weighted by Gasteiger charge is 2.24. The van der Waals surface area contributed by atoms with Crippen molar-refractivity contribution in [1.82, 2.24) is 4.98 Å². The van der Waals surface area contributed by atoms with Gasteiger partial charge in [-0.25, -0.2) is 0 Å². The van der Waals surface area contributed by atoms with Crippen LogP contribution in [0.4, 0.5) is 5.69 Å². The van der Waals surface area contributed by atoms with Gasteiger partial charge in [0.2, 0.25) is 5.91 Å². The van der Waals surface area contributed by atoms with Crippen LogP contribution in [0.25, 0.3) is 10.9 Å². The van der Waals surface area contributed by atoms with Crippen molar-refractivity contribution in [2.45, 2.75) is 23.3 Å². The molecule has 1 amide bonds. The van der Waals surface area contributed by atoms with E-state index in [0.29, 0.717) is 26.2 Å². The summed E-state index contributed by atoms with van der Waals surface area (Å²) in [5, 5.41) is 4.07. The summed E-state index contributed by atoms with van der Waals surface area (Å²) in [6.45, 7) is 1.61. The Morgan fingerprint density at radius 1 is 1.33 bits per heavy atom. The number of nitrogens with zero attached hydrogens (tertiary/aromatic N) is 1. The van der Waals surface area contributed by atoms with Gasteiger partial charge in [-0.15, -0.1) is 11.3 Å². The maximum absolute atomic E-state index is 11.2. The molecule has 8 N–H and O–H groups in total. The molecule has 182 valence electrons. The lowest BCUT2D eigenvalue weighted by Gasteiger charge is -2.10. The van der Waals surface area contributed by atoms with E-state index in [-0.39, 0.29) is 29.5 Å². The largest absolute Gasteiger partial charge is 0.491 e. The van der Waals surface area contributed by atoms with Gasteiger partial charge in [-0.05, 0) is 35.5 Å². The van der Waals surface area contributed by atoms with Gasteiger partial charge in [0.05, 0.1) is 34.3 Å². The normalized spacial score (nSPS) is 14.6. The lowest BCUT2D eigenvalue weighted by molar-refractivity contribution is -0.117. The molecule has 1 aliphatic rings. The molecule has 12 heteroatoms. The van der Waals surface area contributed by atoms with Crippen LogP contribution in [0.1, 0.15) is 19.5 Å². The molecule has 1 aromatic carbocycles. The molecular formula is C21H30N4O5S3. The summed E-state index contributed by atoms with van der Waals surface area (Å²) in [5.74, 6) is 0.475. The average molecular weight is 515 g/mol. The molecule has 0 aliphatic carbocycles.